The van der Waals surface area contributed by atoms with E-state index < -0.39 is 0 Å². The number of nitrogens with zero attached hydrogens (tertiary/aromatic N) is 3. The van der Waals surface area contributed by atoms with E-state index in [9.17, 15) is 0 Å². The zero-order valence-corrected chi connectivity index (χ0v) is 14.5. The van der Waals surface area contributed by atoms with Crippen molar-refractivity contribution in [2.45, 2.75) is 39.0 Å². The molecule has 0 atom stereocenters. The van der Waals surface area contributed by atoms with Crippen LogP contribution in [0.15, 0.2) is 36.7 Å². The molecule has 1 aliphatic carbocycles. The number of hydrogen-bond donors (Lipinski definition) is 1. The number of aryl methyl sites for hydroxylation is 1. The fourth-order valence-electron chi connectivity index (χ4n) is 3.24. The average molecular weight is 330 g/mol. The molecule has 1 aromatic carbocycles. The highest BCUT2D eigenvalue weighted by atomic mass is 15.1. The van der Waals surface area contributed by atoms with Crippen molar-refractivity contribution < 1.29 is 0 Å². The molecule has 0 spiro atoms. The first-order valence-corrected chi connectivity index (χ1v) is 8.91. The molecule has 4 rings (SSSR count). The van der Waals surface area contributed by atoms with Crippen LogP contribution in [0.25, 0.3) is 17.0 Å². The Kier molecular flexibility index (Phi) is 4.15. The normalized spacial score (nSPS) is 14.1. The molecule has 2 N–H and O–H groups in total. The van der Waals surface area contributed by atoms with Gasteiger partial charge in [-0.1, -0.05) is 55.4 Å². The van der Waals surface area contributed by atoms with Gasteiger partial charge in [-0.2, -0.15) is 4.98 Å². The molecule has 4 nitrogen and oxygen atoms in total. The number of imidazole rings is 1. The maximum absolute atomic E-state index is 6.08. The molecule has 1 aliphatic rings. The SMILES string of the molecule is Cc1ccccc1-c1cn2cc(C#CCCC3CCC3)c(N)nc2n1. The largest absolute Gasteiger partial charge is 0.382 e. The van der Waals surface area contributed by atoms with Crippen LogP contribution in [0.3, 0.4) is 0 Å². The summed E-state index contributed by atoms with van der Waals surface area (Å²) in [6, 6.07) is 8.21. The monoisotopic (exact) mass is 330 g/mol. The topological polar surface area (TPSA) is 56.2 Å². The van der Waals surface area contributed by atoms with Crippen LogP contribution < -0.4 is 5.73 Å². The third-order valence-electron chi connectivity index (χ3n) is 5.02. The van der Waals surface area contributed by atoms with Gasteiger partial charge in [0.1, 0.15) is 5.82 Å². The molecule has 126 valence electrons. The van der Waals surface area contributed by atoms with E-state index >= 15 is 0 Å². The Morgan fingerprint density at radius 1 is 1.20 bits per heavy atom. The fourth-order valence-corrected chi connectivity index (χ4v) is 3.24. The minimum Gasteiger partial charge on any atom is -0.382 e. The zero-order chi connectivity index (χ0) is 17.2. The Balaban J connectivity index is 1.60. The summed E-state index contributed by atoms with van der Waals surface area (Å²) in [4.78, 5) is 9.03. The summed E-state index contributed by atoms with van der Waals surface area (Å²) in [5.41, 5.74) is 10.1. The van der Waals surface area contributed by atoms with Gasteiger partial charge in [-0.05, 0) is 24.8 Å². The molecule has 1 fully saturated rings. The first-order chi connectivity index (χ1) is 12.2. The third-order valence-corrected chi connectivity index (χ3v) is 5.02. The molecule has 25 heavy (non-hydrogen) atoms. The number of aromatic nitrogens is 3. The second-order valence-electron chi connectivity index (χ2n) is 6.83. The third kappa shape index (κ3) is 3.23. The molecule has 1 saturated carbocycles. The van der Waals surface area contributed by atoms with Crippen molar-refractivity contribution in [2.75, 3.05) is 5.73 Å². The maximum Gasteiger partial charge on any atom is 0.236 e. The molecule has 0 bridgehead atoms. The molecular weight excluding hydrogens is 308 g/mol. The van der Waals surface area contributed by atoms with Gasteiger partial charge in [0.25, 0.3) is 0 Å². The van der Waals surface area contributed by atoms with Gasteiger partial charge in [0, 0.05) is 24.4 Å². The predicted octanol–water partition coefficient (Wildman–Crippen LogP) is 4.22. The van der Waals surface area contributed by atoms with E-state index in [1.165, 1.54) is 31.2 Å². The van der Waals surface area contributed by atoms with Crippen LogP contribution in [0.4, 0.5) is 5.82 Å². The minimum absolute atomic E-state index is 0.450. The second-order valence-corrected chi connectivity index (χ2v) is 6.83. The molecule has 2 aromatic heterocycles. The van der Waals surface area contributed by atoms with Crippen molar-refractivity contribution in [3.63, 3.8) is 0 Å². The van der Waals surface area contributed by atoms with Gasteiger partial charge >= 0.3 is 0 Å². The summed E-state index contributed by atoms with van der Waals surface area (Å²) in [6.07, 6.45) is 10.2. The van der Waals surface area contributed by atoms with Gasteiger partial charge in [0.05, 0.1) is 11.3 Å². The maximum atomic E-state index is 6.08. The lowest BCUT2D eigenvalue weighted by Gasteiger charge is -2.23. The Bertz CT molecular complexity index is 970. The average Bonchev–Trinajstić information content (AvgIpc) is 2.95. The van der Waals surface area contributed by atoms with Crippen molar-refractivity contribution in [1.29, 1.82) is 0 Å². The van der Waals surface area contributed by atoms with E-state index in [1.54, 1.807) is 0 Å². The number of benzene rings is 1. The molecule has 3 aromatic rings. The number of nitrogen functional groups attached to an aromatic ring is 1. The van der Waals surface area contributed by atoms with Gasteiger partial charge in [-0.25, -0.2) is 4.98 Å². The summed E-state index contributed by atoms with van der Waals surface area (Å²) in [6.45, 7) is 2.08. The lowest BCUT2D eigenvalue weighted by atomic mass is 9.82. The van der Waals surface area contributed by atoms with E-state index in [0.29, 0.717) is 11.6 Å². The standard InChI is InChI=1S/C21H22N4/c1-15-7-2-5-12-18(15)19-14-25-13-17(20(22)24-21(25)23-19)11-4-3-8-16-9-6-10-16/h2,5,7,12-14,16H,3,6,8-10H2,1H3,(H2,22,23,24). The van der Waals surface area contributed by atoms with Crippen LogP contribution in [0.5, 0.6) is 0 Å². The van der Waals surface area contributed by atoms with Crippen LogP contribution in [0, 0.1) is 24.7 Å². The van der Waals surface area contributed by atoms with Gasteiger partial charge in [0.15, 0.2) is 0 Å². The molecule has 0 unspecified atom stereocenters. The second kappa shape index (κ2) is 6.60. The highest BCUT2D eigenvalue weighted by Gasteiger charge is 2.15. The van der Waals surface area contributed by atoms with E-state index in [0.717, 1.165) is 29.2 Å². The first kappa shape index (κ1) is 15.7. The number of nitrogens with two attached hydrogens (primary N) is 1. The van der Waals surface area contributed by atoms with Crippen LogP contribution in [-0.4, -0.2) is 14.4 Å². The number of anilines is 1. The van der Waals surface area contributed by atoms with E-state index in [4.69, 9.17) is 5.73 Å². The highest BCUT2D eigenvalue weighted by molar-refractivity contribution is 5.66. The van der Waals surface area contributed by atoms with Crippen molar-refractivity contribution in [3.8, 4) is 23.1 Å². The number of fused-ring (bicyclic) bond motifs is 1. The van der Waals surface area contributed by atoms with Crippen molar-refractivity contribution in [1.82, 2.24) is 14.4 Å². The minimum atomic E-state index is 0.450. The molecule has 2 heterocycles. The van der Waals surface area contributed by atoms with Crippen LogP contribution in [0.1, 0.15) is 43.2 Å². The molecular formula is C21H22N4. The first-order valence-electron chi connectivity index (χ1n) is 8.91. The fraction of sp³-hybridized carbons (Fsp3) is 0.333. The van der Waals surface area contributed by atoms with Gasteiger partial charge in [0.2, 0.25) is 5.78 Å². The van der Waals surface area contributed by atoms with Gasteiger partial charge in [-0.3, -0.25) is 4.40 Å². The predicted molar refractivity (Wildman–Crippen MR) is 101 cm³/mol. The van der Waals surface area contributed by atoms with Crippen LogP contribution >= 0.6 is 0 Å². The molecule has 0 saturated heterocycles. The van der Waals surface area contributed by atoms with Crippen LogP contribution in [-0.2, 0) is 0 Å². The van der Waals surface area contributed by atoms with Gasteiger partial charge < -0.3 is 5.73 Å². The van der Waals surface area contributed by atoms with E-state index in [2.05, 4.69) is 40.9 Å². The Labute approximate surface area is 148 Å². The summed E-state index contributed by atoms with van der Waals surface area (Å²) in [5.74, 6) is 8.38. The summed E-state index contributed by atoms with van der Waals surface area (Å²) in [7, 11) is 0. The van der Waals surface area contributed by atoms with Crippen LogP contribution in [0.2, 0.25) is 0 Å². The highest BCUT2D eigenvalue weighted by Crippen LogP contribution is 2.30. The molecule has 0 amide bonds. The van der Waals surface area contributed by atoms with Crippen molar-refractivity contribution >= 4 is 11.6 Å². The summed E-state index contributed by atoms with van der Waals surface area (Å²) in [5, 5.41) is 0. The molecule has 4 heteroatoms. The van der Waals surface area contributed by atoms with Gasteiger partial charge in [-0.15, -0.1) is 0 Å². The number of rotatable bonds is 3. The zero-order valence-electron chi connectivity index (χ0n) is 14.5. The lowest BCUT2D eigenvalue weighted by Crippen LogP contribution is -2.09. The lowest BCUT2D eigenvalue weighted by molar-refractivity contribution is 0.299. The van der Waals surface area contributed by atoms with Crippen molar-refractivity contribution in [3.05, 3.63) is 47.8 Å². The molecule has 0 radical (unpaired) electrons. The smallest absolute Gasteiger partial charge is 0.236 e. The quantitative estimate of drug-likeness (QED) is 0.732. The van der Waals surface area contributed by atoms with E-state index in [-0.39, 0.29) is 0 Å². The Morgan fingerprint density at radius 2 is 2.04 bits per heavy atom. The Morgan fingerprint density at radius 3 is 2.80 bits per heavy atom. The summed E-state index contributed by atoms with van der Waals surface area (Å²) < 4.78 is 1.91. The van der Waals surface area contributed by atoms with E-state index in [1.807, 2.05) is 28.9 Å². The molecule has 0 aliphatic heterocycles. The summed E-state index contributed by atoms with van der Waals surface area (Å²) >= 11 is 0. The number of hydrogen-bond acceptors (Lipinski definition) is 3. The Hall–Kier alpha value is -2.80. The van der Waals surface area contributed by atoms with Crippen molar-refractivity contribution in [2.24, 2.45) is 5.92 Å².